The Labute approximate surface area is 157 Å². The van der Waals surface area contributed by atoms with Gasteiger partial charge in [-0.2, -0.15) is 0 Å². The van der Waals surface area contributed by atoms with E-state index < -0.39 is 0 Å². The molecule has 1 aliphatic rings. The third-order valence-electron chi connectivity index (χ3n) is 5.14. The fourth-order valence-corrected chi connectivity index (χ4v) is 3.44. The van der Waals surface area contributed by atoms with Crippen LogP contribution in [0.25, 0.3) is 0 Å². The smallest absolute Gasteiger partial charge is 0.227 e. The molecule has 0 radical (unpaired) electrons. The van der Waals surface area contributed by atoms with Gasteiger partial charge in [-0.05, 0) is 49.4 Å². The minimum atomic E-state index is 0.139. The highest BCUT2D eigenvalue weighted by Gasteiger charge is 2.22. The molecule has 0 N–H and O–H groups in total. The summed E-state index contributed by atoms with van der Waals surface area (Å²) in [7, 11) is 1.66. The topological polar surface area (TPSA) is 49.9 Å². The molecule has 0 unspecified atom stereocenters. The lowest BCUT2D eigenvalue weighted by molar-refractivity contribution is -0.133. The molecule has 1 saturated heterocycles. The van der Waals surface area contributed by atoms with Crippen LogP contribution in [0.5, 0.6) is 5.75 Å². The highest BCUT2D eigenvalue weighted by Crippen LogP contribution is 2.23. The Balaban J connectivity index is 1.96. The Morgan fingerprint density at radius 3 is 2.27 bits per heavy atom. The van der Waals surface area contributed by atoms with Gasteiger partial charge in [-0.3, -0.25) is 9.59 Å². The van der Waals surface area contributed by atoms with Gasteiger partial charge in [-0.1, -0.05) is 19.4 Å². The number of ether oxygens (including phenoxy) is 1. The van der Waals surface area contributed by atoms with Gasteiger partial charge >= 0.3 is 0 Å². The minimum Gasteiger partial charge on any atom is -0.496 e. The molecule has 0 saturated carbocycles. The zero-order valence-electron chi connectivity index (χ0n) is 16.6. The van der Waals surface area contributed by atoms with E-state index in [1.54, 1.807) is 7.11 Å². The van der Waals surface area contributed by atoms with Crippen LogP contribution in [0.4, 0.5) is 0 Å². The summed E-state index contributed by atoms with van der Waals surface area (Å²) < 4.78 is 5.35. The minimum absolute atomic E-state index is 0.139. The maximum atomic E-state index is 12.8. The van der Waals surface area contributed by atoms with Gasteiger partial charge in [-0.15, -0.1) is 0 Å². The number of aryl methyl sites for hydroxylation is 2. The number of nitrogens with zero attached hydrogens (tertiary/aromatic N) is 2. The molecule has 1 fully saturated rings. The van der Waals surface area contributed by atoms with Crippen LogP contribution in [0.2, 0.25) is 0 Å². The van der Waals surface area contributed by atoms with Crippen LogP contribution in [-0.2, 0) is 16.0 Å². The van der Waals surface area contributed by atoms with Crippen molar-refractivity contribution >= 4 is 11.8 Å². The van der Waals surface area contributed by atoms with Gasteiger partial charge < -0.3 is 14.5 Å². The molecule has 5 heteroatoms. The normalized spacial score (nSPS) is 14.9. The Kier molecular flexibility index (Phi) is 7.49. The standard InChI is InChI=1S/C21H32N2O3/c1-5-6-8-20(24)22-9-7-10-23(12-11-22)21(25)15-18-13-17(3)19(26-4)14-16(18)2/h13-14H,5-12,15H2,1-4H3. The van der Waals surface area contributed by atoms with Crippen molar-refractivity contribution in [2.75, 3.05) is 33.3 Å². The van der Waals surface area contributed by atoms with Crippen LogP contribution < -0.4 is 4.74 Å². The summed E-state index contributed by atoms with van der Waals surface area (Å²) in [6.45, 7) is 8.87. The molecular weight excluding hydrogens is 328 g/mol. The Hall–Kier alpha value is -2.04. The first-order valence-corrected chi connectivity index (χ1v) is 9.66. The fraction of sp³-hybridized carbons (Fsp3) is 0.619. The molecule has 1 aromatic carbocycles. The van der Waals surface area contributed by atoms with E-state index in [1.165, 1.54) is 0 Å². The first-order chi connectivity index (χ1) is 12.5. The van der Waals surface area contributed by atoms with E-state index in [1.807, 2.05) is 35.8 Å². The van der Waals surface area contributed by atoms with Crippen molar-refractivity contribution in [2.24, 2.45) is 0 Å². The number of hydrogen-bond acceptors (Lipinski definition) is 3. The average Bonchev–Trinajstić information content (AvgIpc) is 2.88. The maximum absolute atomic E-state index is 12.8. The molecule has 0 aromatic heterocycles. The Morgan fingerprint density at radius 2 is 1.65 bits per heavy atom. The number of carbonyl (C=O) groups is 2. The average molecular weight is 360 g/mol. The number of unbranched alkanes of at least 4 members (excludes halogenated alkanes) is 1. The SMILES string of the molecule is CCCCC(=O)N1CCCN(C(=O)Cc2cc(C)c(OC)cc2C)CC1. The van der Waals surface area contributed by atoms with Crippen LogP contribution in [0, 0.1) is 13.8 Å². The van der Waals surface area contributed by atoms with Crippen molar-refractivity contribution in [3.05, 3.63) is 28.8 Å². The fourth-order valence-electron chi connectivity index (χ4n) is 3.44. The van der Waals surface area contributed by atoms with Gasteiger partial charge in [0.2, 0.25) is 11.8 Å². The van der Waals surface area contributed by atoms with Gasteiger partial charge in [0.15, 0.2) is 0 Å². The van der Waals surface area contributed by atoms with Gasteiger partial charge in [-0.25, -0.2) is 0 Å². The van der Waals surface area contributed by atoms with Crippen molar-refractivity contribution in [3.8, 4) is 5.75 Å². The molecular formula is C21H32N2O3. The summed E-state index contributed by atoms with van der Waals surface area (Å²) in [5.41, 5.74) is 3.17. The van der Waals surface area contributed by atoms with Crippen LogP contribution in [0.15, 0.2) is 12.1 Å². The maximum Gasteiger partial charge on any atom is 0.227 e. The number of hydrogen-bond donors (Lipinski definition) is 0. The van der Waals surface area contributed by atoms with Gasteiger partial charge in [0.1, 0.15) is 5.75 Å². The second-order valence-corrected chi connectivity index (χ2v) is 7.14. The van der Waals surface area contributed by atoms with Gasteiger partial charge in [0, 0.05) is 32.6 Å². The molecule has 2 rings (SSSR count). The van der Waals surface area contributed by atoms with Crippen LogP contribution >= 0.6 is 0 Å². The number of methoxy groups -OCH3 is 1. The van der Waals surface area contributed by atoms with E-state index in [9.17, 15) is 9.59 Å². The van der Waals surface area contributed by atoms with E-state index in [4.69, 9.17) is 4.74 Å². The predicted octanol–water partition coefficient (Wildman–Crippen LogP) is 3.11. The molecule has 144 valence electrons. The highest BCUT2D eigenvalue weighted by molar-refractivity contribution is 5.80. The largest absolute Gasteiger partial charge is 0.496 e. The van der Waals surface area contributed by atoms with Crippen LogP contribution in [0.1, 0.15) is 49.3 Å². The third kappa shape index (κ3) is 5.23. The summed E-state index contributed by atoms with van der Waals surface area (Å²) in [4.78, 5) is 28.8. The highest BCUT2D eigenvalue weighted by atomic mass is 16.5. The molecule has 1 heterocycles. The monoisotopic (exact) mass is 360 g/mol. The number of benzene rings is 1. The molecule has 5 nitrogen and oxygen atoms in total. The van der Waals surface area contributed by atoms with Crippen LogP contribution in [-0.4, -0.2) is 54.9 Å². The van der Waals surface area contributed by atoms with Crippen molar-refractivity contribution < 1.29 is 14.3 Å². The molecule has 0 aliphatic carbocycles. The Bertz CT molecular complexity index is 642. The Morgan fingerprint density at radius 1 is 1.00 bits per heavy atom. The van der Waals surface area contributed by atoms with Crippen molar-refractivity contribution in [2.45, 2.75) is 52.9 Å². The third-order valence-corrected chi connectivity index (χ3v) is 5.14. The summed E-state index contributed by atoms with van der Waals surface area (Å²) in [6, 6.07) is 4.04. The van der Waals surface area contributed by atoms with E-state index in [-0.39, 0.29) is 11.8 Å². The van der Waals surface area contributed by atoms with Crippen molar-refractivity contribution in [1.29, 1.82) is 0 Å². The number of rotatable bonds is 6. The molecule has 1 aliphatic heterocycles. The first kappa shape index (κ1) is 20.3. The molecule has 0 bridgehead atoms. The molecule has 0 spiro atoms. The second-order valence-electron chi connectivity index (χ2n) is 7.14. The lowest BCUT2D eigenvalue weighted by Gasteiger charge is -2.23. The van der Waals surface area contributed by atoms with E-state index in [2.05, 4.69) is 6.92 Å². The lowest BCUT2D eigenvalue weighted by Crippen LogP contribution is -2.38. The van der Waals surface area contributed by atoms with Gasteiger partial charge in [0.05, 0.1) is 13.5 Å². The second kappa shape index (κ2) is 9.60. The zero-order valence-corrected chi connectivity index (χ0v) is 16.6. The van der Waals surface area contributed by atoms with Crippen molar-refractivity contribution in [1.82, 2.24) is 9.80 Å². The number of carbonyl (C=O) groups excluding carboxylic acids is 2. The summed E-state index contributed by atoms with van der Waals surface area (Å²) >= 11 is 0. The summed E-state index contributed by atoms with van der Waals surface area (Å²) in [6.07, 6.45) is 3.85. The molecule has 26 heavy (non-hydrogen) atoms. The van der Waals surface area contributed by atoms with E-state index >= 15 is 0 Å². The summed E-state index contributed by atoms with van der Waals surface area (Å²) in [5.74, 6) is 1.22. The number of amides is 2. The first-order valence-electron chi connectivity index (χ1n) is 9.66. The van der Waals surface area contributed by atoms with E-state index in [0.717, 1.165) is 54.8 Å². The molecule has 0 atom stereocenters. The predicted molar refractivity (Wildman–Crippen MR) is 103 cm³/mol. The molecule has 2 amide bonds. The quantitative estimate of drug-likeness (QED) is 0.783. The zero-order chi connectivity index (χ0) is 19.1. The lowest BCUT2D eigenvalue weighted by atomic mass is 10.0. The van der Waals surface area contributed by atoms with Crippen molar-refractivity contribution in [3.63, 3.8) is 0 Å². The van der Waals surface area contributed by atoms with Gasteiger partial charge in [0.25, 0.3) is 0 Å². The van der Waals surface area contributed by atoms with Crippen LogP contribution in [0.3, 0.4) is 0 Å². The van der Waals surface area contributed by atoms with E-state index in [0.29, 0.717) is 25.9 Å². The summed E-state index contributed by atoms with van der Waals surface area (Å²) in [5, 5.41) is 0. The molecule has 1 aromatic rings.